The first-order valence-electron chi connectivity index (χ1n) is 3.02. The molecule has 0 saturated heterocycles. The molecule has 0 bridgehead atoms. The lowest BCUT2D eigenvalue weighted by Crippen LogP contribution is -2.11. The largest absolute Gasteiger partial charge is 0.374 e. The molecule has 2 atom stereocenters. The summed E-state index contributed by atoms with van der Waals surface area (Å²) in [7, 11) is 5.18. The van der Waals surface area contributed by atoms with E-state index in [2.05, 4.69) is 0 Å². The van der Waals surface area contributed by atoms with Crippen LogP contribution in [0.3, 0.4) is 0 Å². The molecule has 0 aromatic heterocycles. The Labute approximate surface area is 55.3 Å². The summed E-state index contributed by atoms with van der Waals surface area (Å²) >= 11 is 0. The molecule has 0 fully saturated rings. The van der Waals surface area contributed by atoms with E-state index in [1.54, 1.807) is 0 Å². The zero-order valence-electron chi connectivity index (χ0n) is 5.30. The van der Waals surface area contributed by atoms with Crippen molar-refractivity contribution in [1.82, 2.24) is 0 Å². The second kappa shape index (κ2) is 2.52. The fourth-order valence-electron chi connectivity index (χ4n) is 0.779. The molecule has 48 valence electrons. The van der Waals surface area contributed by atoms with Gasteiger partial charge in [0, 0.05) is 0 Å². The van der Waals surface area contributed by atoms with Gasteiger partial charge in [0.2, 0.25) is 0 Å². The van der Waals surface area contributed by atoms with Gasteiger partial charge in [0.05, 0.1) is 12.1 Å². The lowest BCUT2D eigenvalue weighted by atomic mass is 10.0. The van der Waals surface area contributed by atoms with Crippen molar-refractivity contribution in [3.05, 3.63) is 11.9 Å². The van der Waals surface area contributed by atoms with Gasteiger partial charge in [0.1, 0.15) is 13.7 Å². The van der Waals surface area contributed by atoms with Crippen LogP contribution in [0.5, 0.6) is 0 Å². The van der Waals surface area contributed by atoms with Gasteiger partial charge in [0.25, 0.3) is 0 Å². The number of hydrogen-bond acceptors (Lipinski definition) is 1. The molecule has 2 radical (unpaired) electrons. The van der Waals surface area contributed by atoms with Gasteiger partial charge in [0.15, 0.2) is 0 Å². The first-order valence-corrected chi connectivity index (χ1v) is 3.02. The summed E-state index contributed by atoms with van der Waals surface area (Å²) in [6.07, 6.45) is 2.09. The van der Waals surface area contributed by atoms with Crippen molar-refractivity contribution in [2.24, 2.45) is 0 Å². The Hall–Kier alpha value is -0.305. The quantitative estimate of drug-likeness (QED) is 0.478. The lowest BCUT2D eigenvalue weighted by Gasteiger charge is -2.06. The summed E-state index contributed by atoms with van der Waals surface area (Å²) in [6.45, 7) is 1.92. The molecule has 1 aliphatic heterocycles. The highest BCUT2D eigenvalue weighted by Gasteiger charge is 2.20. The average molecular weight is 126 g/mol. The molecule has 1 rings (SSSR count). The van der Waals surface area contributed by atoms with Crippen molar-refractivity contribution in [2.75, 3.05) is 0 Å². The molecule has 0 aliphatic carbocycles. The number of ether oxygens (including phenoxy) is 1. The zero-order valence-corrected chi connectivity index (χ0v) is 5.30. The van der Waals surface area contributed by atoms with Crippen LogP contribution in [0, 0.1) is 0 Å². The molecule has 0 aromatic rings. The van der Waals surface area contributed by atoms with Crippen LogP contribution in [0.25, 0.3) is 0 Å². The lowest BCUT2D eigenvalue weighted by molar-refractivity contribution is 0.0919. The maximum absolute atomic E-state index is 12.4. The third kappa shape index (κ3) is 1.33. The average Bonchev–Trinajstić information content (AvgIpc) is 2.13. The van der Waals surface area contributed by atoms with E-state index in [9.17, 15) is 4.39 Å². The first kappa shape index (κ1) is 6.81. The van der Waals surface area contributed by atoms with Gasteiger partial charge in [-0.2, -0.15) is 0 Å². The van der Waals surface area contributed by atoms with Gasteiger partial charge < -0.3 is 4.74 Å². The van der Waals surface area contributed by atoms with Crippen molar-refractivity contribution in [3.8, 4) is 0 Å². The molecule has 0 amide bonds. The minimum Gasteiger partial charge on any atom is -0.374 e. The first-order chi connectivity index (χ1) is 4.24. The third-order valence-corrected chi connectivity index (χ3v) is 1.34. The van der Waals surface area contributed by atoms with Gasteiger partial charge in [-0.3, -0.25) is 0 Å². The fourth-order valence-corrected chi connectivity index (χ4v) is 0.779. The molecular weight excluding hydrogens is 118 g/mol. The predicted molar refractivity (Wildman–Crippen MR) is 33.9 cm³/mol. The van der Waals surface area contributed by atoms with E-state index in [1.807, 2.05) is 6.92 Å². The molecule has 1 nitrogen and oxygen atoms in total. The van der Waals surface area contributed by atoms with Crippen molar-refractivity contribution >= 4 is 7.85 Å². The van der Waals surface area contributed by atoms with E-state index >= 15 is 0 Å². The summed E-state index contributed by atoms with van der Waals surface area (Å²) in [6, 6.07) is -0.810. The van der Waals surface area contributed by atoms with E-state index in [0.29, 0.717) is 0 Å². The van der Waals surface area contributed by atoms with Gasteiger partial charge in [-0.25, -0.2) is 4.39 Å². The highest BCUT2D eigenvalue weighted by molar-refractivity contribution is 6.12. The van der Waals surface area contributed by atoms with E-state index < -0.39 is 6.00 Å². The van der Waals surface area contributed by atoms with Crippen LogP contribution in [0.2, 0.25) is 0 Å². The van der Waals surface area contributed by atoms with Gasteiger partial charge >= 0.3 is 0 Å². The highest BCUT2D eigenvalue weighted by atomic mass is 19.1. The monoisotopic (exact) mass is 126 g/mol. The summed E-state index contributed by atoms with van der Waals surface area (Å²) in [5.41, 5.74) is 0. The molecule has 1 heterocycles. The van der Waals surface area contributed by atoms with Crippen LogP contribution in [0.4, 0.5) is 4.39 Å². The van der Waals surface area contributed by atoms with Crippen LogP contribution >= 0.6 is 0 Å². The molecular formula is C6H8BFO. The SMILES string of the molecule is [B][C@@H]1O[C@@H](CC)C=C1F. The standard InChI is InChI=1S/C6H8BFO/c1-2-4-3-5(8)6(7)9-4/h3-4,6H,2H2,1H3/t4-,6+/m0/s1. The van der Waals surface area contributed by atoms with E-state index in [1.165, 1.54) is 6.08 Å². The molecule has 9 heavy (non-hydrogen) atoms. The number of halogens is 1. The molecule has 0 N–H and O–H groups in total. The van der Waals surface area contributed by atoms with Gasteiger partial charge in [-0.05, 0) is 12.5 Å². The Morgan fingerprint density at radius 2 is 2.56 bits per heavy atom. The Kier molecular flexibility index (Phi) is 1.91. The Balaban J connectivity index is 2.52. The smallest absolute Gasteiger partial charge is 0.118 e. The molecule has 0 aromatic carbocycles. The fraction of sp³-hybridized carbons (Fsp3) is 0.667. The number of hydrogen-bond donors (Lipinski definition) is 0. The van der Waals surface area contributed by atoms with E-state index in [-0.39, 0.29) is 11.9 Å². The maximum Gasteiger partial charge on any atom is 0.118 e. The minimum absolute atomic E-state index is 0.111. The molecule has 1 aliphatic rings. The summed E-state index contributed by atoms with van der Waals surface area (Å²) in [5, 5.41) is 0. The minimum atomic E-state index is -0.810. The maximum atomic E-state index is 12.4. The molecule has 0 saturated carbocycles. The highest BCUT2D eigenvalue weighted by Crippen LogP contribution is 2.19. The summed E-state index contributed by atoms with van der Waals surface area (Å²) in [5.74, 6) is -0.346. The second-order valence-electron chi connectivity index (χ2n) is 2.05. The van der Waals surface area contributed by atoms with Crippen LogP contribution in [-0.4, -0.2) is 20.0 Å². The third-order valence-electron chi connectivity index (χ3n) is 1.34. The van der Waals surface area contributed by atoms with Crippen LogP contribution in [-0.2, 0) is 4.74 Å². The number of rotatable bonds is 1. The molecule has 0 unspecified atom stereocenters. The predicted octanol–water partition coefficient (Wildman–Crippen LogP) is 1.14. The van der Waals surface area contributed by atoms with Gasteiger partial charge in [-0.1, -0.05) is 6.92 Å². The van der Waals surface area contributed by atoms with Crippen molar-refractivity contribution in [3.63, 3.8) is 0 Å². The summed E-state index contributed by atoms with van der Waals surface area (Å²) in [4.78, 5) is 0. The second-order valence-corrected chi connectivity index (χ2v) is 2.05. The van der Waals surface area contributed by atoms with Crippen LogP contribution in [0.15, 0.2) is 11.9 Å². The Bertz CT molecular complexity index is 135. The van der Waals surface area contributed by atoms with Gasteiger partial charge in [-0.15, -0.1) is 0 Å². The van der Waals surface area contributed by atoms with Crippen molar-refractivity contribution in [2.45, 2.75) is 25.5 Å². The van der Waals surface area contributed by atoms with Crippen molar-refractivity contribution in [1.29, 1.82) is 0 Å². The molecule has 3 heteroatoms. The van der Waals surface area contributed by atoms with E-state index in [0.717, 1.165) is 6.42 Å². The Morgan fingerprint density at radius 3 is 2.78 bits per heavy atom. The van der Waals surface area contributed by atoms with Crippen LogP contribution in [0.1, 0.15) is 13.3 Å². The Morgan fingerprint density at radius 1 is 1.89 bits per heavy atom. The zero-order chi connectivity index (χ0) is 6.85. The van der Waals surface area contributed by atoms with Crippen molar-refractivity contribution < 1.29 is 9.13 Å². The normalized spacial score (nSPS) is 34.7. The van der Waals surface area contributed by atoms with E-state index in [4.69, 9.17) is 12.6 Å². The molecule has 0 spiro atoms. The van der Waals surface area contributed by atoms with Crippen LogP contribution < -0.4 is 0 Å². The topological polar surface area (TPSA) is 9.23 Å². The summed E-state index contributed by atoms with van der Waals surface area (Å²) < 4.78 is 17.3.